The van der Waals surface area contributed by atoms with E-state index in [2.05, 4.69) is 25.0 Å². The second kappa shape index (κ2) is 4.82. The van der Waals surface area contributed by atoms with Crippen LogP contribution < -0.4 is 0 Å². The van der Waals surface area contributed by atoms with Crippen LogP contribution in [-0.4, -0.2) is 17.5 Å². The summed E-state index contributed by atoms with van der Waals surface area (Å²) in [6, 6.07) is 0. The molecule has 0 amide bonds. The van der Waals surface area contributed by atoms with E-state index >= 15 is 0 Å². The molecule has 48 valence electrons. The minimum atomic E-state index is -4.67. The zero-order valence-electron chi connectivity index (χ0n) is 2.83. The van der Waals surface area contributed by atoms with Crippen molar-refractivity contribution in [3.63, 3.8) is 0 Å². The van der Waals surface area contributed by atoms with E-state index < -0.39 is 10.4 Å². The fraction of sp³-hybridized carbons (Fsp3) is 0. The van der Waals surface area contributed by atoms with Gasteiger partial charge in [0.15, 0.2) is 0 Å². The van der Waals surface area contributed by atoms with Crippen molar-refractivity contribution < 1.29 is 32.4 Å². The Bertz CT molecular complexity index is 94.9. The van der Waals surface area contributed by atoms with Crippen molar-refractivity contribution in [3.8, 4) is 0 Å². The maximum atomic E-state index is 8.74. The Morgan fingerprint density at radius 3 is 1.29 bits per heavy atom. The summed E-state index contributed by atoms with van der Waals surface area (Å²) in [5.41, 5.74) is 0. The SMILES string of the molecule is O=S(=O)(O)O.[Cl][Co]. The van der Waals surface area contributed by atoms with Crippen LogP contribution >= 0.6 is 10.1 Å². The molecular formula is H2ClCoO4S. The van der Waals surface area contributed by atoms with E-state index in [1.807, 2.05) is 0 Å². The predicted molar refractivity (Wildman–Crippen MR) is 20.0 cm³/mol. The van der Waals surface area contributed by atoms with Gasteiger partial charge in [-0.3, -0.25) is 9.11 Å². The number of halogens is 1. The third-order valence-corrected chi connectivity index (χ3v) is 0. The molecule has 0 radical (unpaired) electrons. The topological polar surface area (TPSA) is 74.6 Å². The van der Waals surface area contributed by atoms with Crippen LogP contribution in [0.15, 0.2) is 0 Å². The summed E-state index contributed by atoms with van der Waals surface area (Å²) < 4.78 is 31.6. The van der Waals surface area contributed by atoms with E-state index in [1.54, 1.807) is 0 Å². The summed E-state index contributed by atoms with van der Waals surface area (Å²) in [7, 11) is -0.340. The first-order chi connectivity index (χ1) is 3.00. The van der Waals surface area contributed by atoms with Crippen molar-refractivity contribution in [2.45, 2.75) is 0 Å². The Morgan fingerprint density at radius 2 is 1.29 bits per heavy atom. The van der Waals surface area contributed by atoms with Crippen LogP contribution in [-0.2, 0) is 25.2 Å². The predicted octanol–water partition coefficient (Wildman–Crippen LogP) is 0.0342. The third kappa shape index (κ3) is 327. The zero-order valence-corrected chi connectivity index (χ0v) is 5.44. The summed E-state index contributed by atoms with van der Waals surface area (Å²) in [5.74, 6) is 0. The van der Waals surface area contributed by atoms with E-state index in [1.165, 1.54) is 0 Å². The fourth-order valence-electron chi connectivity index (χ4n) is 0. The molecular weight excluding hydrogens is 190 g/mol. The molecule has 0 saturated carbocycles. The zero-order chi connectivity index (χ0) is 6.50. The number of hydrogen-bond donors (Lipinski definition) is 2. The molecule has 7 heavy (non-hydrogen) atoms. The molecule has 0 aromatic rings. The summed E-state index contributed by atoms with van der Waals surface area (Å²) in [5, 5.41) is 0. The van der Waals surface area contributed by atoms with Gasteiger partial charge < -0.3 is 0 Å². The number of rotatable bonds is 0. The molecule has 0 unspecified atom stereocenters. The van der Waals surface area contributed by atoms with Crippen LogP contribution in [0.1, 0.15) is 0 Å². The first kappa shape index (κ1) is 10.6. The fourth-order valence-corrected chi connectivity index (χ4v) is 0. The molecule has 0 heterocycles. The van der Waals surface area contributed by atoms with Gasteiger partial charge in [-0.05, 0) is 0 Å². The van der Waals surface area contributed by atoms with E-state index in [0.717, 1.165) is 0 Å². The Kier molecular flexibility index (Phi) is 7.30. The van der Waals surface area contributed by atoms with Crippen molar-refractivity contribution in [1.29, 1.82) is 0 Å². The monoisotopic (exact) mass is 192 g/mol. The molecule has 0 aromatic heterocycles. The molecule has 0 aliphatic rings. The normalized spacial score (nSPS) is 9.29. The molecule has 2 N–H and O–H groups in total. The van der Waals surface area contributed by atoms with Crippen molar-refractivity contribution in [1.82, 2.24) is 0 Å². The Labute approximate surface area is 53.3 Å². The van der Waals surface area contributed by atoms with Crippen LogP contribution in [0.2, 0.25) is 0 Å². The van der Waals surface area contributed by atoms with Gasteiger partial charge in [0.25, 0.3) is 0 Å². The molecule has 0 aliphatic heterocycles. The summed E-state index contributed by atoms with van der Waals surface area (Å²) >= 11 is 3.03. The van der Waals surface area contributed by atoms with Crippen molar-refractivity contribution in [2.24, 2.45) is 0 Å². The van der Waals surface area contributed by atoms with Gasteiger partial charge in [-0.25, -0.2) is 0 Å². The first-order valence-electron chi connectivity index (χ1n) is 0.824. The molecule has 0 saturated heterocycles. The van der Waals surface area contributed by atoms with E-state index in [-0.39, 0.29) is 0 Å². The van der Waals surface area contributed by atoms with Crippen LogP contribution in [0.25, 0.3) is 0 Å². The van der Waals surface area contributed by atoms with Gasteiger partial charge in [0.1, 0.15) is 0 Å². The van der Waals surface area contributed by atoms with Gasteiger partial charge in [0.05, 0.1) is 0 Å². The molecule has 0 aliphatic carbocycles. The Balaban J connectivity index is 0. The standard InChI is InChI=1S/ClH.Co.H2O4S/c;;1-5(2,3)4/h1H;;(H2,1,2,3,4)/q;+1;/p-1. The first-order valence-corrected chi connectivity index (χ1v) is 3.65. The van der Waals surface area contributed by atoms with E-state index in [4.69, 9.17) is 17.5 Å². The molecule has 0 fully saturated rings. The molecule has 0 aromatic carbocycles. The third-order valence-electron chi connectivity index (χ3n) is 0. The molecule has 7 heteroatoms. The van der Waals surface area contributed by atoms with Crippen molar-refractivity contribution >= 4 is 20.5 Å². The minimum absolute atomic E-state index is 3.03. The second-order valence-corrected chi connectivity index (χ2v) is 1.34. The summed E-state index contributed by atoms with van der Waals surface area (Å²) in [6.07, 6.45) is 0. The summed E-state index contributed by atoms with van der Waals surface area (Å²) in [4.78, 5) is 0. The van der Waals surface area contributed by atoms with Gasteiger partial charge in [0.2, 0.25) is 0 Å². The average Bonchev–Trinajstić information content (AvgIpc) is 1.36. The van der Waals surface area contributed by atoms with Crippen molar-refractivity contribution in [3.05, 3.63) is 0 Å². The molecule has 0 spiro atoms. The van der Waals surface area contributed by atoms with E-state index in [0.29, 0.717) is 0 Å². The van der Waals surface area contributed by atoms with Crippen LogP contribution in [0.5, 0.6) is 0 Å². The van der Waals surface area contributed by atoms with Gasteiger partial charge in [-0.2, -0.15) is 8.42 Å². The van der Waals surface area contributed by atoms with Crippen LogP contribution in [0, 0.1) is 0 Å². The van der Waals surface area contributed by atoms with E-state index in [9.17, 15) is 0 Å². The quantitative estimate of drug-likeness (QED) is 0.531. The van der Waals surface area contributed by atoms with Gasteiger partial charge in [-0.1, -0.05) is 0 Å². The van der Waals surface area contributed by atoms with Crippen LogP contribution in [0.4, 0.5) is 0 Å². The van der Waals surface area contributed by atoms with Gasteiger partial charge >= 0.3 is 35.4 Å². The molecule has 0 rings (SSSR count). The Hall–Kier alpha value is 0.666. The average molecular weight is 192 g/mol. The maximum absolute atomic E-state index is 8.74. The second-order valence-electron chi connectivity index (χ2n) is 0.448. The Morgan fingerprint density at radius 1 is 1.29 bits per heavy atom. The van der Waals surface area contributed by atoms with Gasteiger partial charge in [-0.15, -0.1) is 0 Å². The molecule has 4 nitrogen and oxygen atoms in total. The number of hydrogen-bond acceptors (Lipinski definition) is 2. The molecule has 0 atom stereocenters. The summed E-state index contributed by atoms with van der Waals surface area (Å²) in [6.45, 7) is 0. The molecule has 0 bridgehead atoms. The van der Waals surface area contributed by atoms with Crippen molar-refractivity contribution in [2.75, 3.05) is 0 Å². The van der Waals surface area contributed by atoms with Crippen LogP contribution in [0.3, 0.4) is 0 Å². The van der Waals surface area contributed by atoms with Gasteiger partial charge in [0, 0.05) is 0 Å².